The standard InChI is InChI=1S/C12H14Cl3NO/c1-16(7-6-13)11(8-14)9-2-4-10(5-3-9)12(15)17/h2-5,11H,6-8H2,1H3. The fourth-order valence-electron chi connectivity index (χ4n) is 1.59. The van der Waals surface area contributed by atoms with E-state index in [1.165, 1.54) is 0 Å². The number of nitrogens with zero attached hydrogens (tertiary/aromatic N) is 1. The van der Waals surface area contributed by atoms with Gasteiger partial charge in [-0.25, -0.2) is 0 Å². The van der Waals surface area contributed by atoms with Gasteiger partial charge in [0.2, 0.25) is 0 Å². The average Bonchev–Trinajstić information content (AvgIpc) is 2.31. The number of carbonyl (C=O) groups excluding carboxylic acids is 1. The Labute approximate surface area is 116 Å². The number of rotatable bonds is 6. The number of alkyl halides is 2. The van der Waals surface area contributed by atoms with Crippen LogP contribution in [0.2, 0.25) is 0 Å². The van der Waals surface area contributed by atoms with Crippen LogP contribution in [0.25, 0.3) is 0 Å². The Morgan fingerprint density at radius 1 is 1.29 bits per heavy atom. The maximum atomic E-state index is 10.9. The second-order valence-electron chi connectivity index (χ2n) is 3.74. The monoisotopic (exact) mass is 293 g/mol. The molecule has 94 valence electrons. The molecule has 0 fully saturated rings. The van der Waals surface area contributed by atoms with Crippen molar-refractivity contribution in [2.45, 2.75) is 6.04 Å². The molecule has 5 heteroatoms. The summed E-state index contributed by atoms with van der Waals surface area (Å²) in [6, 6.07) is 7.24. The zero-order valence-corrected chi connectivity index (χ0v) is 11.8. The summed E-state index contributed by atoms with van der Waals surface area (Å²) in [4.78, 5) is 13.0. The van der Waals surface area contributed by atoms with Crippen LogP contribution in [-0.2, 0) is 0 Å². The van der Waals surface area contributed by atoms with Gasteiger partial charge in [-0.2, -0.15) is 0 Å². The highest BCUT2D eigenvalue weighted by molar-refractivity contribution is 6.67. The lowest BCUT2D eigenvalue weighted by molar-refractivity contribution is 0.108. The van der Waals surface area contributed by atoms with Gasteiger partial charge in [0.25, 0.3) is 5.24 Å². The molecule has 1 aromatic carbocycles. The average molecular weight is 295 g/mol. The van der Waals surface area contributed by atoms with E-state index < -0.39 is 5.24 Å². The molecule has 0 radical (unpaired) electrons. The van der Waals surface area contributed by atoms with Crippen molar-refractivity contribution >= 4 is 40.0 Å². The molecule has 0 heterocycles. The lowest BCUT2D eigenvalue weighted by Crippen LogP contribution is -2.27. The molecule has 0 N–H and O–H groups in total. The van der Waals surface area contributed by atoms with Crippen LogP contribution in [0.1, 0.15) is 22.0 Å². The van der Waals surface area contributed by atoms with E-state index in [9.17, 15) is 4.79 Å². The summed E-state index contributed by atoms with van der Waals surface area (Å²) in [6.45, 7) is 0.759. The van der Waals surface area contributed by atoms with Crippen molar-refractivity contribution in [1.82, 2.24) is 4.90 Å². The van der Waals surface area contributed by atoms with Crippen molar-refractivity contribution in [3.05, 3.63) is 35.4 Å². The van der Waals surface area contributed by atoms with E-state index in [1.54, 1.807) is 12.1 Å². The fourth-order valence-corrected chi connectivity index (χ4v) is 2.39. The summed E-state index contributed by atoms with van der Waals surface area (Å²) >= 11 is 17.1. The quantitative estimate of drug-likeness (QED) is 0.591. The Morgan fingerprint density at radius 3 is 2.29 bits per heavy atom. The first-order valence-corrected chi connectivity index (χ1v) is 6.66. The maximum absolute atomic E-state index is 10.9. The summed E-state index contributed by atoms with van der Waals surface area (Å²) in [5, 5.41) is -0.451. The van der Waals surface area contributed by atoms with Crippen molar-refractivity contribution in [2.24, 2.45) is 0 Å². The summed E-state index contributed by atoms with van der Waals surface area (Å²) in [6.07, 6.45) is 0. The first-order chi connectivity index (χ1) is 8.10. The van der Waals surface area contributed by atoms with Crippen LogP contribution in [-0.4, -0.2) is 35.5 Å². The number of benzene rings is 1. The van der Waals surface area contributed by atoms with E-state index >= 15 is 0 Å². The minimum atomic E-state index is -0.451. The smallest absolute Gasteiger partial charge is 0.252 e. The predicted molar refractivity (Wildman–Crippen MR) is 73.4 cm³/mol. The Bertz CT molecular complexity index is 367. The molecule has 0 aliphatic heterocycles. The minimum absolute atomic E-state index is 0.0925. The maximum Gasteiger partial charge on any atom is 0.252 e. The normalized spacial score (nSPS) is 12.8. The van der Waals surface area contributed by atoms with Gasteiger partial charge in [-0.1, -0.05) is 12.1 Å². The molecule has 0 bridgehead atoms. The molecule has 1 rings (SSSR count). The predicted octanol–water partition coefficient (Wildman–Crippen LogP) is 3.52. The van der Waals surface area contributed by atoms with Crippen molar-refractivity contribution in [1.29, 1.82) is 0 Å². The molecule has 1 aromatic rings. The van der Waals surface area contributed by atoms with Crippen LogP contribution in [0.3, 0.4) is 0 Å². The second-order valence-corrected chi connectivity index (χ2v) is 4.77. The highest BCUT2D eigenvalue weighted by Crippen LogP contribution is 2.21. The number of hydrogen-bond acceptors (Lipinski definition) is 2. The highest BCUT2D eigenvalue weighted by Gasteiger charge is 2.15. The van der Waals surface area contributed by atoms with Gasteiger partial charge in [0.05, 0.1) is 0 Å². The summed E-state index contributed by atoms with van der Waals surface area (Å²) in [5.41, 5.74) is 1.54. The highest BCUT2D eigenvalue weighted by atomic mass is 35.5. The number of halogens is 3. The summed E-state index contributed by atoms with van der Waals surface area (Å²) < 4.78 is 0. The SMILES string of the molecule is CN(CCCl)C(CCl)c1ccc(C(=O)Cl)cc1. The van der Waals surface area contributed by atoms with Gasteiger partial charge in [0, 0.05) is 29.9 Å². The van der Waals surface area contributed by atoms with Crippen LogP contribution in [0, 0.1) is 0 Å². The lowest BCUT2D eigenvalue weighted by atomic mass is 10.1. The Hall–Kier alpha value is -0.280. The van der Waals surface area contributed by atoms with Gasteiger partial charge >= 0.3 is 0 Å². The van der Waals surface area contributed by atoms with Gasteiger partial charge in [0.1, 0.15) is 0 Å². The van der Waals surface area contributed by atoms with E-state index in [0.717, 1.165) is 12.1 Å². The van der Waals surface area contributed by atoms with E-state index in [4.69, 9.17) is 34.8 Å². The molecule has 0 aliphatic rings. The van der Waals surface area contributed by atoms with Crippen LogP contribution < -0.4 is 0 Å². The third-order valence-corrected chi connectivity index (χ3v) is 3.32. The van der Waals surface area contributed by atoms with Crippen LogP contribution in [0.4, 0.5) is 0 Å². The van der Waals surface area contributed by atoms with E-state index in [1.807, 2.05) is 19.2 Å². The van der Waals surface area contributed by atoms with Gasteiger partial charge in [-0.3, -0.25) is 9.69 Å². The third kappa shape index (κ3) is 4.14. The minimum Gasteiger partial charge on any atom is -0.297 e. The summed E-state index contributed by atoms with van der Waals surface area (Å²) in [7, 11) is 1.97. The number of hydrogen-bond donors (Lipinski definition) is 0. The first-order valence-electron chi connectivity index (χ1n) is 5.22. The third-order valence-electron chi connectivity index (χ3n) is 2.64. The van der Waals surface area contributed by atoms with Crippen molar-refractivity contribution in [3.63, 3.8) is 0 Å². The molecule has 0 aromatic heterocycles. The van der Waals surface area contributed by atoms with Gasteiger partial charge < -0.3 is 0 Å². The zero-order chi connectivity index (χ0) is 12.8. The van der Waals surface area contributed by atoms with Crippen LogP contribution >= 0.6 is 34.8 Å². The topological polar surface area (TPSA) is 20.3 Å². The molecule has 2 nitrogen and oxygen atoms in total. The number of carbonyl (C=O) groups is 1. The largest absolute Gasteiger partial charge is 0.297 e. The lowest BCUT2D eigenvalue weighted by Gasteiger charge is -2.26. The van der Waals surface area contributed by atoms with Crippen LogP contribution in [0.5, 0.6) is 0 Å². The van der Waals surface area contributed by atoms with Crippen LogP contribution in [0.15, 0.2) is 24.3 Å². The first kappa shape index (κ1) is 14.8. The van der Waals surface area contributed by atoms with Gasteiger partial charge in [-0.05, 0) is 36.3 Å². The fraction of sp³-hybridized carbons (Fsp3) is 0.417. The van der Waals surface area contributed by atoms with Gasteiger partial charge in [0.15, 0.2) is 0 Å². The van der Waals surface area contributed by atoms with Gasteiger partial charge in [-0.15, -0.1) is 23.2 Å². The molecule has 0 saturated heterocycles. The molecular formula is C12H14Cl3NO. The summed E-state index contributed by atoms with van der Waals surface area (Å²) in [5.74, 6) is 1.03. The molecule has 0 aliphatic carbocycles. The van der Waals surface area contributed by atoms with E-state index in [2.05, 4.69) is 4.90 Å². The Balaban J connectivity index is 2.85. The Morgan fingerprint density at radius 2 is 1.88 bits per heavy atom. The molecular weight excluding hydrogens is 280 g/mol. The van der Waals surface area contributed by atoms with E-state index in [-0.39, 0.29) is 6.04 Å². The van der Waals surface area contributed by atoms with Crippen molar-refractivity contribution in [2.75, 3.05) is 25.4 Å². The molecule has 0 saturated carbocycles. The molecule has 0 amide bonds. The Kier molecular flexibility index (Phi) is 6.28. The zero-order valence-electron chi connectivity index (χ0n) is 9.50. The molecule has 1 unspecified atom stereocenters. The second kappa shape index (κ2) is 7.22. The van der Waals surface area contributed by atoms with Crippen molar-refractivity contribution < 1.29 is 4.79 Å². The van der Waals surface area contributed by atoms with Crippen molar-refractivity contribution in [3.8, 4) is 0 Å². The van der Waals surface area contributed by atoms with E-state index in [0.29, 0.717) is 17.3 Å². The molecule has 17 heavy (non-hydrogen) atoms. The molecule has 0 spiro atoms. The molecule has 1 atom stereocenters.